The molecule has 6 amide bonds. The smallest absolute Gasteiger partial charge is 0.407 e. The van der Waals surface area contributed by atoms with E-state index in [4.69, 9.17) is 38.3 Å². The number of fused-ring (bicyclic) bond motifs is 5. The average molecular weight is 1230 g/mol. The highest BCUT2D eigenvalue weighted by Gasteiger charge is 2.34. The maximum absolute atomic E-state index is 14.4. The Morgan fingerprint density at radius 1 is 0.622 bits per heavy atom. The number of aromatic nitrogens is 2. The van der Waals surface area contributed by atoms with Crippen LogP contribution in [0, 0.1) is 0 Å². The lowest BCUT2D eigenvalue weighted by molar-refractivity contribution is -0.133. The van der Waals surface area contributed by atoms with Gasteiger partial charge in [-0.3, -0.25) is 24.4 Å². The molecule has 6 aromatic rings. The number of carbonyl (C=O) groups is 5. The molecular weight excluding hydrogens is 1150 g/mol. The number of rotatable bonds is 38. The van der Waals surface area contributed by atoms with Gasteiger partial charge in [0, 0.05) is 88.3 Å². The van der Waals surface area contributed by atoms with Gasteiger partial charge < -0.3 is 59.3 Å². The molecule has 2 aromatic heterocycles. The van der Waals surface area contributed by atoms with E-state index in [1.165, 1.54) is 0 Å². The maximum Gasteiger partial charge on any atom is 0.407 e. The van der Waals surface area contributed by atoms with Crippen molar-refractivity contribution in [3.8, 4) is 11.1 Å². The number of hydrogen-bond donors (Lipinski definition) is 4. The van der Waals surface area contributed by atoms with Gasteiger partial charge in [-0.2, -0.15) is 5.10 Å². The lowest BCUT2D eigenvalue weighted by Crippen LogP contribution is -2.47. The summed E-state index contributed by atoms with van der Waals surface area (Å²) in [7, 11) is 1.63. The standard InChI is InChI=1S/C69H85N9O12/c1-84-35-36-86-39-40-88-43-44-89-42-41-87-38-37-85-34-28-65(79)72-29-11-4-5-21-63(75-69(83)90-49-61-56-17-8-6-15-54(56)55-16-7-9-18-57(55)61)66(80)73-30-10-2-3-12-33-78-67(81)60(58-19-13-22-62-59(58)20-14-31-71-62)45-64(76-78)50-23-25-53(26-24-50)74-68(82)77-47-51-27-32-70-46-52(51)48-77/h6-9,13-20,22-27,31-32,46,60-61,63H,2-5,10-12,21,28-30,33-45,47-49H2,1H3,(H,72,79)(H,73,80)(H,74,82)(H,75,83)/t60?,63-/m0/s1. The minimum Gasteiger partial charge on any atom is -0.449 e. The highest BCUT2D eigenvalue weighted by molar-refractivity contribution is 6.07. The van der Waals surface area contributed by atoms with Crippen LogP contribution in [0.5, 0.6) is 0 Å². The van der Waals surface area contributed by atoms with E-state index in [-0.39, 0.29) is 49.3 Å². The lowest BCUT2D eigenvalue weighted by Gasteiger charge is -2.30. The first-order valence-electron chi connectivity index (χ1n) is 31.6. The van der Waals surface area contributed by atoms with Crippen LogP contribution in [0.25, 0.3) is 22.0 Å². The first-order valence-corrected chi connectivity index (χ1v) is 31.6. The van der Waals surface area contributed by atoms with Gasteiger partial charge in [-0.1, -0.05) is 105 Å². The van der Waals surface area contributed by atoms with Crippen molar-refractivity contribution in [2.75, 3.05) is 111 Å². The number of hydrazone groups is 1. The molecule has 9 rings (SSSR count). The molecule has 0 fully saturated rings. The molecule has 478 valence electrons. The first kappa shape index (κ1) is 66.2. The van der Waals surface area contributed by atoms with E-state index < -0.39 is 18.1 Å². The third-order valence-corrected chi connectivity index (χ3v) is 16.2. The molecule has 2 atom stereocenters. The van der Waals surface area contributed by atoms with Crippen molar-refractivity contribution < 1.29 is 57.1 Å². The Morgan fingerprint density at radius 3 is 1.96 bits per heavy atom. The SMILES string of the molecule is COCCOCCOCCOCCOCCOCCC(=O)NCCCCC[C@H](NC(=O)OCC1c2ccccc2-c2ccccc21)C(=O)NCCCCCCN1N=C(c2ccc(NC(=O)N3Cc4ccncc4C3)cc2)CC(c2cccc3ncccc23)C1=O. The van der Waals surface area contributed by atoms with Gasteiger partial charge in [0.25, 0.3) is 5.91 Å². The molecule has 0 saturated carbocycles. The molecular formula is C69H85N9O12. The number of pyridine rings is 2. The van der Waals surface area contributed by atoms with Crippen molar-refractivity contribution in [2.45, 2.75) is 95.2 Å². The molecule has 0 bridgehead atoms. The third-order valence-electron chi connectivity index (χ3n) is 16.2. The van der Waals surface area contributed by atoms with Gasteiger partial charge in [-0.05, 0) is 101 Å². The fourth-order valence-electron chi connectivity index (χ4n) is 11.4. The molecule has 0 radical (unpaired) electrons. The fraction of sp³-hybridized carbons (Fsp3) is 0.449. The molecule has 3 aliphatic rings. The van der Waals surface area contributed by atoms with Gasteiger partial charge in [0.2, 0.25) is 11.8 Å². The third kappa shape index (κ3) is 19.7. The zero-order valence-corrected chi connectivity index (χ0v) is 51.6. The fourth-order valence-corrected chi connectivity index (χ4v) is 11.4. The highest BCUT2D eigenvalue weighted by atomic mass is 16.6. The number of urea groups is 1. The van der Waals surface area contributed by atoms with Crippen molar-refractivity contribution >= 4 is 52.1 Å². The summed E-state index contributed by atoms with van der Waals surface area (Å²) in [5.74, 6) is -1.12. The molecule has 21 heteroatoms. The highest BCUT2D eigenvalue weighted by Crippen LogP contribution is 2.44. The topological polar surface area (TPSA) is 243 Å². The second kappa shape index (κ2) is 35.9. The van der Waals surface area contributed by atoms with Gasteiger partial charge in [0.15, 0.2) is 0 Å². The second-order valence-electron chi connectivity index (χ2n) is 22.4. The van der Waals surface area contributed by atoms with E-state index in [0.717, 1.165) is 80.4 Å². The molecule has 90 heavy (non-hydrogen) atoms. The number of nitrogens with one attached hydrogen (secondary N) is 4. The van der Waals surface area contributed by atoms with Crippen LogP contribution in [0.1, 0.15) is 109 Å². The number of nitrogens with zero attached hydrogens (tertiary/aromatic N) is 5. The Morgan fingerprint density at radius 2 is 1.26 bits per heavy atom. The number of carbonyl (C=O) groups excluding carboxylic acids is 5. The predicted molar refractivity (Wildman–Crippen MR) is 342 cm³/mol. The normalized spacial score (nSPS) is 14.6. The molecule has 0 saturated heterocycles. The Balaban J connectivity index is 0.707. The predicted octanol–water partition coefficient (Wildman–Crippen LogP) is 9.28. The summed E-state index contributed by atoms with van der Waals surface area (Å²) in [5, 5.41) is 19.4. The molecule has 1 aliphatic carbocycles. The number of methoxy groups -OCH3 is 1. The van der Waals surface area contributed by atoms with Gasteiger partial charge >= 0.3 is 12.1 Å². The van der Waals surface area contributed by atoms with Crippen molar-refractivity contribution in [1.29, 1.82) is 0 Å². The number of anilines is 1. The summed E-state index contributed by atoms with van der Waals surface area (Å²) in [4.78, 5) is 78.2. The lowest BCUT2D eigenvalue weighted by atomic mass is 9.86. The van der Waals surface area contributed by atoms with Crippen LogP contribution in [0.4, 0.5) is 15.3 Å². The number of hydrogen-bond acceptors (Lipinski definition) is 15. The molecule has 21 nitrogen and oxygen atoms in total. The molecule has 4 heterocycles. The van der Waals surface area contributed by atoms with Gasteiger partial charge in [-0.25, -0.2) is 14.6 Å². The Bertz CT molecular complexity index is 3240. The van der Waals surface area contributed by atoms with Gasteiger partial charge in [0.05, 0.1) is 89.8 Å². The second-order valence-corrected chi connectivity index (χ2v) is 22.4. The number of unbranched alkanes of at least 4 members (excludes halogenated alkanes) is 5. The van der Waals surface area contributed by atoms with Crippen LogP contribution >= 0.6 is 0 Å². The van der Waals surface area contributed by atoms with Crippen LogP contribution < -0.4 is 21.3 Å². The number of benzene rings is 4. The van der Waals surface area contributed by atoms with Crippen molar-refractivity contribution in [2.24, 2.45) is 5.10 Å². The number of ether oxygens (including phenoxy) is 7. The van der Waals surface area contributed by atoms with Gasteiger partial charge in [-0.15, -0.1) is 0 Å². The number of alkyl carbamates (subject to hydrolysis) is 1. The average Bonchev–Trinajstić information content (AvgIpc) is 1.53. The van der Waals surface area contributed by atoms with Crippen LogP contribution in [0.3, 0.4) is 0 Å². The molecule has 4 aromatic carbocycles. The van der Waals surface area contributed by atoms with Crippen molar-refractivity contribution in [3.63, 3.8) is 0 Å². The minimum atomic E-state index is -0.838. The largest absolute Gasteiger partial charge is 0.449 e. The van der Waals surface area contributed by atoms with Crippen LogP contribution in [0.2, 0.25) is 0 Å². The monoisotopic (exact) mass is 1230 g/mol. The quantitative estimate of drug-likeness (QED) is 0.0264. The summed E-state index contributed by atoms with van der Waals surface area (Å²) in [6.45, 7) is 7.37. The van der Waals surface area contributed by atoms with Crippen LogP contribution in [-0.2, 0) is 60.6 Å². The van der Waals surface area contributed by atoms with Gasteiger partial charge in [0.1, 0.15) is 12.6 Å². The molecule has 2 aliphatic heterocycles. The van der Waals surface area contributed by atoms with Crippen LogP contribution in [-0.4, -0.2) is 168 Å². The zero-order chi connectivity index (χ0) is 62.5. The van der Waals surface area contributed by atoms with E-state index in [1.54, 1.807) is 35.6 Å². The number of amides is 6. The maximum atomic E-state index is 14.4. The van der Waals surface area contributed by atoms with Crippen molar-refractivity contribution in [1.82, 2.24) is 35.8 Å². The molecule has 0 spiro atoms. The Hall–Kier alpha value is -8.18. The summed E-state index contributed by atoms with van der Waals surface area (Å²) in [5.41, 5.74) is 10.5. The Kier molecular flexibility index (Phi) is 26.4. The van der Waals surface area contributed by atoms with E-state index >= 15 is 0 Å². The van der Waals surface area contributed by atoms with E-state index in [2.05, 4.69) is 55.5 Å². The molecule has 4 N–H and O–H groups in total. The van der Waals surface area contributed by atoms with E-state index in [0.29, 0.717) is 143 Å². The van der Waals surface area contributed by atoms with Crippen molar-refractivity contribution in [3.05, 3.63) is 161 Å². The Labute approximate surface area is 526 Å². The summed E-state index contributed by atoms with van der Waals surface area (Å²) < 4.78 is 38.2. The van der Waals surface area contributed by atoms with E-state index in [1.807, 2.05) is 84.9 Å². The summed E-state index contributed by atoms with van der Waals surface area (Å²) >= 11 is 0. The van der Waals surface area contributed by atoms with Crippen LogP contribution in [0.15, 0.2) is 133 Å². The first-order chi connectivity index (χ1) is 44.2. The summed E-state index contributed by atoms with van der Waals surface area (Å²) in [6, 6.07) is 34.6. The minimum absolute atomic E-state index is 0.0824. The summed E-state index contributed by atoms with van der Waals surface area (Å²) in [6.07, 6.45) is 10.6. The van der Waals surface area contributed by atoms with E-state index in [9.17, 15) is 24.0 Å². The molecule has 1 unspecified atom stereocenters. The zero-order valence-electron chi connectivity index (χ0n) is 51.6.